The molecule has 0 aliphatic heterocycles. The van der Waals surface area contributed by atoms with Gasteiger partial charge in [-0.15, -0.1) is 0 Å². The molecular weight excluding hydrogens is 234 g/mol. The molecule has 0 unspecified atom stereocenters. The maximum Gasteiger partial charge on any atom is 0.195 e. The summed E-state index contributed by atoms with van der Waals surface area (Å²) in [5.74, 6) is 0.0138. The van der Waals surface area contributed by atoms with Crippen LogP contribution in [0, 0.1) is 27.7 Å². The molecule has 0 aromatic heterocycles. The van der Waals surface area contributed by atoms with E-state index >= 15 is 0 Å². The Morgan fingerprint density at radius 2 is 1.47 bits per heavy atom. The van der Waals surface area contributed by atoms with Crippen molar-refractivity contribution in [2.45, 2.75) is 27.7 Å². The molecule has 19 heavy (non-hydrogen) atoms. The van der Waals surface area contributed by atoms with Gasteiger partial charge in [0.05, 0.1) is 0 Å². The number of rotatable bonds is 2. The Morgan fingerprint density at radius 3 is 2.00 bits per heavy atom. The second-order valence-electron chi connectivity index (χ2n) is 5.05. The van der Waals surface area contributed by atoms with E-state index in [-0.39, 0.29) is 5.78 Å². The predicted octanol–water partition coefficient (Wildman–Crippen LogP) is 3.73. The van der Waals surface area contributed by atoms with E-state index in [1.807, 2.05) is 39.8 Å². The molecule has 0 bridgehead atoms. The SMILES string of the molecule is Cc1cc(C)c(C)c(C(=O)c2ccccc2N)c1C. The first-order valence-corrected chi connectivity index (χ1v) is 6.40. The summed E-state index contributed by atoms with van der Waals surface area (Å²) >= 11 is 0. The highest BCUT2D eigenvalue weighted by Crippen LogP contribution is 2.26. The predicted molar refractivity (Wildman–Crippen MR) is 79.7 cm³/mol. The lowest BCUT2D eigenvalue weighted by molar-refractivity contribution is 0.103. The van der Waals surface area contributed by atoms with Crippen LogP contribution in [0.25, 0.3) is 0 Å². The fourth-order valence-electron chi connectivity index (χ4n) is 2.40. The summed E-state index contributed by atoms with van der Waals surface area (Å²) in [5, 5.41) is 0. The number of carbonyl (C=O) groups is 1. The highest BCUT2D eigenvalue weighted by molar-refractivity contribution is 6.13. The minimum absolute atomic E-state index is 0.0138. The van der Waals surface area contributed by atoms with Crippen LogP contribution in [-0.4, -0.2) is 5.78 Å². The van der Waals surface area contributed by atoms with Gasteiger partial charge in [-0.05, 0) is 62.1 Å². The quantitative estimate of drug-likeness (QED) is 0.654. The summed E-state index contributed by atoms with van der Waals surface area (Å²) in [4.78, 5) is 12.7. The number of ketones is 1. The fourth-order valence-corrected chi connectivity index (χ4v) is 2.40. The third kappa shape index (κ3) is 2.26. The lowest BCUT2D eigenvalue weighted by atomic mass is 9.89. The smallest absolute Gasteiger partial charge is 0.195 e. The fraction of sp³-hybridized carbons (Fsp3) is 0.235. The van der Waals surface area contributed by atoms with Crippen LogP contribution in [0.4, 0.5) is 5.69 Å². The summed E-state index contributed by atoms with van der Waals surface area (Å²) in [6.45, 7) is 8.06. The minimum atomic E-state index is 0.0138. The number of benzene rings is 2. The molecule has 0 radical (unpaired) electrons. The lowest BCUT2D eigenvalue weighted by Crippen LogP contribution is -2.11. The molecule has 0 saturated heterocycles. The van der Waals surface area contributed by atoms with E-state index in [2.05, 4.69) is 6.07 Å². The Balaban J connectivity index is 2.67. The molecule has 0 spiro atoms. The molecular formula is C17H19NO. The molecule has 2 nitrogen and oxygen atoms in total. The van der Waals surface area contributed by atoms with Gasteiger partial charge in [0, 0.05) is 16.8 Å². The van der Waals surface area contributed by atoms with E-state index < -0.39 is 0 Å². The van der Waals surface area contributed by atoms with Crippen molar-refractivity contribution in [2.24, 2.45) is 0 Å². The van der Waals surface area contributed by atoms with Crippen LogP contribution in [0.15, 0.2) is 30.3 Å². The van der Waals surface area contributed by atoms with Crippen molar-refractivity contribution in [1.29, 1.82) is 0 Å². The van der Waals surface area contributed by atoms with E-state index in [0.717, 1.165) is 27.8 Å². The third-order valence-electron chi connectivity index (χ3n) is 3.80. The van der Waals surface area contributed by atoms with E-state index in [1.165, 1.54) is 0 Å². The monoisotopic (exact) mass is 253 g/mol. The molecule has 2 aromatic carbocycles. The van der Waals surface area contributed by atoms with Crippen molar-refractivity contribution < 1.29 is 4.79 Å². The first-order chi connectivity index (χ1) is 8.93. The lowest BCUT2D eigenvalue weighted by Gasteiger charge is -2.15. The number of nitrogen functional groups attached to an aromatic ring is 1. The van der Waals surface area contributed by atoms with Gasteiger partial charge in [-0.3, -0.25) is 4.79 Å². The van der Waals surface area contributed by atoms with Crippen molar-refractivity contribution in [1.82, 2.24) is 0 Å². The number of anilines is 1. The van der Waals surface area contributed by atoms with Crippen LogP contribution in [0.2, 0.25) is 0 Å². The van der Waals surface area contributed by atoms with Crippen molar-refractivity contribution in [2.75, 3.05) is 5.73 Å². The van der Waals surface area contributed by atoms with Crippen LogP contribution in [0.1, 0.15) is 38.2 Å². The number of nitrogens with two attached hydrogens (primary N) is 1. The summed E-state index contributed by atoms with van der Waals surface area (Å²) in [7, 11) is 0. The molecule has 98 valence electrons. The Hall–Kier alpha value is -2.09. The van der Waals surface area contributed by atoms with E-state index in [1.54, 1.807) is 12.1 Å². The van der Waals surface area contributed by atoms with Gasteiger partial charge >= 0.3 is 0 Å². The Labute approximate surface area is 114 Å². The van der Waals surface area contributed by atoms with Crippen molar-refractivity contribution in [3.8, 4) is 0 Å². The molecule has 2 heteroatoms. The van der Waals surface area contributed by atoms with Gasteiger partial charge in [-0.2, -0.15) is 0 Å². The molecule has 0 aliphatic carbocycles. The van der Waals surface area contributed by atoms with E-state index in [0.29, 0.717) is 11.3 Å². The normalized spacial score (nSPS) is 10.5. The molecule has 0 heterocycles. The zero-order valence-corrected chi connectivity index (χ0v) is 11.9. The Kier molecular flexibility index (Phi) is 3.43. The molecule has 0 fully saturated rings. The minimum Gasteiger partial charge on any atom is -0.398 e. The maximum absolute atomic E-state index is 12.7. The Morgan fingerprint density at radius 1 is 0.947 bits per heavy atom. The topological polar surface area (TPSA) is 43.1 Å². The van der Waals surface area contributed by atoms with Gasteiger partial charge < -0.3 is 5.73 Å². The number of para-hydroxylation sites is 1. The van der Waals surface area contributed by atoms with Crippen molar-refractivity contribution in [3.63, 3.8) is 0 Å². The highest BCUT2D eigenvalue weighted by atomic mass is 16.1. The van der Waals surface area contributed by atoms with Crippen LogP contribution in [0.3, 0.4) is 0 Å². The van der Waals surface area contributed by atoms with Gasteiger partial charge in [0.25, 0.3) is 0 Å². The van der Waals surface area contributed by atoms with Gasteiger partial charge in [-0.25, -0.2) is 0 Å². The summed E-state index contributed by atoms with van der Waals surface area (Å²) < 4.78 is 0. The first-order valence-electron chi connectivity index (χ1n) is 6.40. The van der Waals surface area contributed by atoms with Crippen LogP contribution in [-0.2, 0) is 0 Å². The average Bonchev–Trinajstić information content (AvgIpc) is 2.37. The maximum atomic E-state index is 12.7. The standard InChI is InChI=1S/C17H19NO/c1-10-9-11(2)13(4)16(12(10)3)17(19)14-7-5-6-8-15(14)18/h5-9H,18H2,1-4H3. The second kappa shape index (κ2) is 4.88. The van der Waals surface area contributed by atoms with Gasteiger partial charge in [0.2, 0.25) is 0 Å². The second-order valence-corrected chi connectivity index (χ2v) is 5.05. The molecule has 0 saturated carbocycles. The molecule has 0 atom stereocenters. The average molecular weight is 253 g/mol. The van der Waals surface area contributed by atoms with Crippen LogP contribution < -0.4 is 5.73 Å². The van der Waals surface area contributed by atoms with E-state index in [4.69, 9.17) is 5.73 Å². The van der Waals surface area contributed by atoms with Crippen molar-refractivity contribution >= 4 is 11.5 Å². The first kappa shape index (κ1) is 13.3. The largest absolute Gasteiger partial charge is 0.398 e. The zero-order chi connectivity index (χ0) is 14.2. The number of carbonyl (C=O) groups excluding carboxylic acids is 1. The van der Waals surface area contributed by atoms with Crippen molar-refractivity contribution in [3.05, 3.63) is 63.7 Å². The third-order valence-corrected chi connectivity index (χ3v) is 3.80. The van der Waals surface area contributed by atoms with Crippen LogP contribution in [0.5, 0.6) is 0 Å². The number of hydrogen-bond donors (Lipinski definition) is 1. The van der Waals surface area contributed by atoms with Gasteiger partial charge in [0.1, 0.15) is 0 Å². The van der Waals surface area contributed by atoms with Gasteiger partial charge in [-0.1, -0.05) is 18.2 Å². The number of aryl methyl sites for hydroxylation is 2. The Bertz CT molecular complexity index is 630. The summed E-state index contributed by atoms with van der Waals surface area (Å²) in [5.41, 5.74) is 12.2. The molecule has 2 aromatic rings. The van der Waals surface area contributed by atoms with E-state index in [9.17, 15) is 4.79 Å². The molecule has 2 rings (SSSR count). The van der Waals surface area contributed by atoms with Crippen LogP contribution >= 0.6 is 0 Å². The summed E-state index contributed by atoms with van der Waals surface area (Å²) in [6, 6.07) is 9.36. The highest BCUT2D eigenvalue weighted by Gasteiger charge is 2.18. The summed E-state index contributed by atoms with van der Waals surface area (Å²) in [6.07, 6.45) is 0. The van der Waals surface area contributed by atoms with Gasteiger partial charge in [0.15, 0.2) is 5.78 Å². The number of hydrogen-bond acceptors (Lipinski definition) is 2. The zero-order valence-electron chi connectivity index (χ0n) is 11.9. The molecule has 2 N–H and O–H groups in total. The molecule has 0 amide bonds. The molecule has 0 aliphatic rings.